The summed E-state index contributed by atoms with van der Waals surface area (Å²) in [5.41, 5.74) is 6.52. The van der Waals surface area contributed by atoms with Gasteiger partial charge in [0.1, 0.15) is 5.01 Å². The van der Waals surface area contributed by atoms with Gasteiger partial charge in [0.05, 0.1) is 12.2 Å². The van der Waals surface area contributed by atoms with Crippen molar-refractivity contribution in [2.75, 3.05) is 13.1 Å². The lowest BCUT2D eigenvalue weighted by molar-refractivity contribution is 0.220. The van der Waals surface area contributed by atoms with E-state index in [0.29, 0.717) is 5.92 Å². The number of piperidine rings is 1. The molecule has 4 aromatic rings. The molecule has 4 heteroatoms. The average molecular weight is 486 g/mol. The van der Waals surface area contributed by atoms with Gasteiger partial charge in [-0.05, 0) is 61.9 Å². The number of aromatic nitrogens is 2. The normalized spacial score (nSPS) is 14.8. The van der Waals surface area contributed by atoms with Crippen molar-refractivity contribution < 1.29 is 0 Å². The number of para-hydroxylation sites is 1. The van der Waals surface area contributed by atoms with Gasteiger partial charge >= 0.3 is 0 Å². The lowest BCUT2D eigenvalue weighted by atomic mass is 9.90. The second-order valence-corrected chi connectivity index (χ2v) is 11.1. The SMILES string of the molecule is CCCC(CCC)c1ccc(Cn2cc(-c3csc(CN4CCCCC4)n3)c3ccccc32)cc1. The van der Waals surface area contributed by atoms with Crippen LogP contribution in [0.5, 0.6) is 0 Å². The minimum Gasteiger partial charge on any atom is -0.342 e. The molecule has 0 spiro atoms. The molecule has 3 nitrogen and oxygen atoms in total. The van der Waals surface area contributed by atoms with Gasteiger partial charge in [0.2, 0.25) is 0 Å². The molecule has 5 rings (SSSR count). The van der Waals surface area contributed by atoms with Gasteiger partial charge in [-0.1, -0.05) is 75.6 Å². The zero-order valence-corrected chi connectivity index (χ0v) is 22.2. The van der Waals surface area contributed by atoms with E-state index in [0.717, 1.165) is 18.8 Å². The Morgan fingerprint density at radius 1 is 0.886 bits per heavy atom. The van der Waals surface area contributed by atoms with Crippen molar-refractivity contribution in [2.24, 2.45) is 0 Å². The van der Waals surface area contributed by atoms with E-state index in [9.17, 15) is 0 Å². The maximum Gasteiger partial charge on any atom is 0.107 e. The van der Waals surface area contributed by atoms with Gasteiger partial charge in [0.25, 0.3) is 0 Å². The number of hydrogen-bond acceptors (Lipinski definition) is 3. The Morgan fingerprint density at radius 2 is 1.63 bits per heavy atom. The molecule has 0 aliphatic carbocycles. The molecule has 1 aliphatic rings. The van der Waals surface area contributed by atoms with Crippen molar-refractivity contribution in [1.82, 2.24) is 14.5 Å². The van der Waals surface area contributed by atoms with Crippen molar-refractivity contribution in [3.8, 4) is 11.3 Å². The Labute approximate surface area is 214 Å². The molecule has 35 heavy (non-hydrogen) atoms. The van der Waals surface area contributed by atoms with E-state index in [1.165, 1.54) is 90.6 Å². The van der Waals surface area contributed by atoms with Crippen LogP contribution >= 0.6 is 11.3 Å². The van der Waals surface area contributed by atoms with Crippen LogP contribution in [0.3, 0.4) is 0 Å². The van der Waals surface area contributed by atoms with Crippen LogP contribution in [-0.4, -0.2) is 27.5 Å². The Kier molecular flexibility index (Phi) is 8.00. The number of hydrogen-bond donors (Lipinski definition) is 0. The third kappa shape index (κ3) is 5.70. The second kappa shape index (κ2) is 11.5. The smallest absolute Gasteiger partial charge is 0.107 e. The van der Waals surface area contributed by atoms with Gasteiger partial charge in [-0.3, -0.25) is 4.90 Å². The Morgan fingerprint density at radius 3 is 2.37 bits per heavy atom. The molecule has 2 aromatic heterocycles. The van der Waals surface area contributed by atoms with Crippen LogP contribution in [0.25, 0.3) is 22.2 Å². The Bertz CT molecular complexity index is 1210. The second-order valence-electron chi connectivity index (χ2n) is 10.2. The van der Waals surface area contributed by atoms with Gasteiger partial charge < -0.3 is 4.57 Å². The van der Waals surface area contributed by atoms with Gasteiger partial charge in [0.15, 0.2) is 0 Å². The van der Waals surface area contributed by atoms with Gasteiger partial charge in [0, 0.05) is 34.6 Å². The van der Waals surface area contributed by atoms with Crippen molar-refractivity contribution in [1.29, 1.82) is 0 Å². The highest BCUT2D eigenvalue weighted by Gasteiger charge is 2.16. The number of rotatable bonds is 10. The quantitative estimate of drug-likeness (QED) is 0.224. The monoisotopic (exact) mass is 485 g/mol. The zero-order valence-electron chi connectivity index (χ0n) is 21.4. The van der Waals surface area contributed by atoms with Crippen LogP contribution in [0, 0.1) is 0 Å². The predicted molar refractivity (Wildman–Crippen MR) is 150 cm³/mol. The molecule has 0 unspecified atom stereocenters. The summed E-state index contributed by atoms with van der Waals surface area (Å²) in [7, 11) is 0. The molecule has 0 atom stereocenters. The molecular weight excluding hydrogens is 446 g/mol. The third-order valence-corrected chi connectivity index (χ3v) is 8.34. The van der Waals surface area contributed by atoms with E-state index in [4.69, 9.17) is 4.98 Å². The van der Waals surface area contributed by atoms with Crippen molar-refractivity contribution in [2.45, 2.75) is 77.8 Å². The van der Waals surface area contributed by atoms with E-state index < -0.39 is 0 Å². The first-order valence-electron chi connectivity index (χ1n) is 13.6. The molecule has 0 radical (unpaired) electrons. The molecule has 184 valence electrons. The molecule has 2 aromatic carbocycles. The standard InChI is InChI=1S/C31H39N3S/c1-3-10-25(11-4-2)26-16-14-24(15-17-26)20-34-21-28(27-12-6-7-13-30(27)34)29-23-35-31(32-29)22-33-18-8-5-9-19-33/h6-7,12-17,21,23,25H,3-5,8-11,18-20,22H2,1-2H3. The molecule has 0 bridgehead atoms. The van der Waals surface area contributed by atoms with Crippen LogP contribution < -0.4 is 0 Å². The summed E-state index contributed by atoms with van der Waals surface area (Å²) < 4.78 is 2.40. The minimum atomic E-state index is 0.696. The fourth-order valence-electron chi connectivity index (χ4n) is 5.66. The molecular formula is C31H39N3S. The summed E-state index contributed by atoms with van der Waals surface area (Å²) in [5, 5.41) is 4.79. The summed E-state index contributed by atoms with van der Waals surface area (Å²) in [6.07, 6.45) is 11.4. The molecule has 0 N–H and O–H groups in total. The number of nitrogens with zero attached hydrogens (tertiary/aromatic N) is 3. The van der Waals surface area contributed by atoms with Crippen LogP contribution in [0.1, 0.15) is 80.8 Å². The fraction of sp³-hybridized carbons (Fsp3) is 0.452. The molecule has 0 saturated carbocycles. The zero-order chi connectivity index (χ0) is 24.0. The van der Waals surface area contributed by atoms with E-state index in [1.54, 1.807) is 0 Å². The summed E-state index contributed by atoms with van der Waals surface area (Å²) in [5.74, 6) is 0.696. The fourth-order valence-corrected chi connectivity index (χ4v) is 6.50. The van der Waals surface area contributed by atoms with Crippen molar-refractivity contribution in [3.05, 3.63) is 76.2 Å². The largest absolute Gasteiger partial charge is 0.342 e. The number of benzene rings is 2. The van der Waals surface area contributed by atoms with Crippen molar-refractivity contribution in [3.63, 3.8) is 0 Å². The highest BCUT2D eigenvalue weighted by Crippen LogP contribution is 2.33. The average Bonchev–Trinajstić information content (AvgIpc) is 3.50. The highest BCUT2D eigenvalue weighted by molar-refractivity contribution is 7.09. The first kappa shape index (κ1) is 24.3. The summed E-state index contributed by atoms with van der Waals surface area (Å²) in [6.45, 7) is 8.90. The third-order valence-electron chi connectivity index (χ3n) is 7.50. The summed E-state index contributed by atoms with van der Waals surface area (Å²) >= 11 is 1.81. The maximum absolute atomic E-state index is 5.07. The van der Waals surface area contributed by atoms with Crippen LogP contribution in [0.15, 0.2) is 60.1 Å². The molecule has 3 heterocycles. The summed E-state index contributed by atoms with van der Waals surface area (Å²) in [6, 6.07) is 18.2. The van der Waals surface area contributed by atoms with Gasteiger partial charge in [-0.25, -0.2) is 4.98 Å². The minimum absolute atomic E-state index is 0.696. The van der Waals surface area contributed by atoms with Gasteiger partial charge in [-0.15, -0.1) is 11.3 Å². The first-order chi connectivity index (χ1) is 17.2. The predicted octanol–water partition coefficient (Wildman–Crippen LogP) is 8.48. The molecule has 1 aliphatic heterocycles. The lowest BCUT2D eigenvalue weighted by Crippen LogP contribution is -2.28. The molecule has 1 fully saturated rings. The topological polar surface area (TPSA) is 21.1 Å². The van der Waals surface area contributed by atoms with Crippen molar-refractivity contribution >= 4 is 22.2 Å². The first-order valence-corrected chi connectivity index (χ1v) is 14.5. The lowest BCUT2D eigenvalue weighted by Gasteiger charge is -2.25. The van der Waals surface area contributed by atoms with E-state index >= 15 is 0 Å². The van der Waals surface area contributed by atoms with Gasteiger partial charge in [-0.2, -0.15) is 0 Å². The van der Waals surface area contributed by atoms with E-state index in [1.807, 2.05) is 11.3 Å². The Hall–Kier alpha value is -2.43. The summed E-state index contributed by atoms with van der Waals surface area (Å²) in [4.78, 5) is 7.63. The van der Waals surface area contributed by atoms with Crippen LogP contribution in [0.2, 0.25) is 0 Å². The Balaban J connectivity index is 1.37. The molecule has 0 amide bonds. The maximum atomic E-state index is 5.07. The van der Waals surface area contributed by atoms with Crippen LogP contribution in [0.4, 0.5) is 0 Å². The van der Waals surface area contributed by atoms with E-state index in [-0.39, 0.29) is 0 Å². The van der Waals surface area contributed by atoms with Crippen LogP contribution in [-0.2, 0) is 13.1 Å². The number of thiazole rings is 1. The van der Waals surface area contributed by atoms with E-state index in [2.05, 4.69) is 83.4 Å². The number of fused-ring (bicyclic) bond motifs is 1. The number of likely N-dealkylation sites (tertiary alicyclic amines) is 1. The molecule has 1 saturated heterocycles. The highest BCUT2D eigenvalue weighted by atomic mass is 32.1.